The highest BCUT2D eigenvalue weighted by Gasteiger charge is 2.37. The molecule has 3 N–H and O–H groups in total. The second-order valence-corrected chi connectivity index (χ2v) is 9.21. The molecule has 0 radical (unpaired) electrons. The van der Waals surface area contributed by atoms with E-state index in [0.717, 1.165) is 12.1 Å². The summed E-state index contributed by atoms with van der Waals surface area (Å²) in [6.07, 6.45) is -1.58. The Morgan fingerprint density at radius 2 is 1.93 bits per heavy atom. The number of alkyl halides is 3. The van der Waals surface area contributed by atoms with E-state index >= 15 is 0 Å². The molecule has 4 aromatic rings. The number of anilines is 2. The predicted molar refractivity (Wildman–Crippen MR) is 142 cm³/mol. The van der Waals surface area contributed by atoms with Gasteiger partial charge < -0.3 is 16.0 Å². The third-order valence-corrected chi connectivity index (χ3v) is 6.66. The normalized spacial score (nSPS) is 14.8. The molecule has 0 bridgehead atoms. The Morgan fingerprint density at radius 1 is 1.15 bits per heavy atom. The van der Waals surface area contributed by atoms with Crippen LogP contribution in [0.15, 0.2) is 48.8 Å². The number of aromatic nitrogens is 4. The van der Waals surface area contributed by atoms with E-state index in [9.17, 15) is 22.8 Å². The number of rotatable bonds is 4. The molecule has 1 atom stereocenters. The number of carbonyl (C=O) groups excluding carboxylic acids is 2. The Bertz CT molecular complexity index is 1800. The van der Waals surface area contributed by atoms with Crippen molar-refractivity contribution >= 4 is 29.1 Å². The van der Waals surface area contributed by atoms with E-state index in [1.165, 1.54) is 35.0 Å². The zero-order valence-corrected chi connectivity index (χ0v) is 21.5. The maximum absolute atomic E-state index is 14.4. The number of nitrogens with zero attached hydrogens (tertiary/aromatic N) is 6. The number of halogens is 3. The van der Waals surface area contributed by atoms with Gasteiger partial charge in [0.2, 0.25) is 5.95 Å². The summed E-state index contributed by atoms with van der Waals surface area (Å²) in [6.45, 7) is 2.29. The minimum Gasteiger partial charge on any atom is -0.369 e. The number of nitrogen functional groups attached to an aromatic ring is 1. The Morgan fingerprint density at radius 3 is 2.66 bits per heavy atom. The number of nitriles is 1. The minimum atomic E-state index is -4.86. The Labute approximate surface area is 231 Å². The lowest BCUT2D eigenvalue weighted by Crippen LogP contribution is -2.26. The van der Waals surface area contributed by atoms with Crippen molar-refractivity contribution in [2.45, 2.75) is 25.4 Å². The number of pyridine rings is 1. The first-order valence-corrected chi connectivity index (χ1v) is 12.3. The number of benzene rings is 1. The third kappa shape index (κ3) is 5.25. The molecule has 3 aromatic heterocycles. The number of hydrogen-bond donors (Lipinski definition) is 2. The molecule has 1 unspecified atom stereocenters. The summed E-state index contributed by atoms with van der Waals surface area (Å²) in [5, 5.41) is 11.5. The largest absolute Gasteiger partial charge is 0.417 e. The van der Waals surface area contributed by atoms with Gasteiger partial charge in [0.15, 0.2) is 0 Å². The first kappa shape index (κ1) is 27.1. The van der Waals surface area contributed by atoms with E-state index in [1.54, 1.807) is 17.9 Å². The molecule has 0 spiro atoms. The second kappa shape index (κ2) is 10.6. The van der Waals surface area contributed by atoms with Gasteiger partial charge in [-0.15, -0.1) is 0 Å². The third-order valence-electron chi connectivity index (χ3n) is 6.66. The molecule has 1 saturated heterocycles. The molecular weight excluding hydrogens is 537 g/mol. The zero-order valence-electron chi connectivity index (χ0n) is 21.5. The Hall–Kier alpha value is -5.43. The molecule has 0 aliphatic carbocycles. The molecule has 2 amide bonds. The molecular formula is C28H21F3N8O2. The van der Waals surface area contributed by atoms with Crippen LogP contribution < -0.4 is 11.1 Å². The topological polar surface area (TPSA) is 142 Å². The van der Waals surface area contributed by atoms with E-state index < -0.39 is 17.6 Å². The van der Waals surface area contributed by atoms with Crippen LogP contribution in [0.2, 0.25) is 0 Å². The number of hydrogen-bond acceptors (Lipinski definition) is 7. The van der Waals surface area contributed by atoms with E-state index in [4.69, 9.17) is 11.0 Å². The Balaban J connectivity index is 1.57. The monoisotopic (exact) mass is 558 g/mol. The highest BCUT2D eigenvalue weighted by atomic mass is 19.4. The molecule has 206 valence electrons. The average molecular weight is 559 g/mol. The zero-order chi connectivity index (χ0) is 29.3. The fraction of sp³-hybridized carbons (Fsp3) is 0.214. The first-order chi connectivity index (χ1) is 19.6. The molecule has 1 aromatic carbocycles. The number of nitrogens with two attached hydrogens (primary N) is 1. The number of imidazole rings is 1. The van der Waals surface area contributed by atoms with Gasteiger partial charge in [-0.3, -0.25) is 14.0 Å². The van der Waals surface area contributed by atoms with Crippen molar-refractivity contribution in [3.05, 3.63) is 71.2 Å². The predicted octanol–water partition coefficient (Wildman–Crippen LogP) is 3.86. The van der Waals surface area contributed by atoms with Crippen LogP contribution in [0.3, 0.4) is 0 Å². The smallest absolute Gasteiger partial charge is 0.369 e. The standard InChI is InChI=1S/C28H21F3N8O2/c1-2-3-23(40)38-11-8-18(15-38)24-21-7-10-35-27(33)39(21)25(37-24)19-5-4-17(13-20(19)28(29,30)31)26(41)36-22-12-16(14-32)6-9-34-22/h4-7,9-10,12-13,18H,8,11,15H2,1H3,(H2,33,35)(H,34,36,41). The maximum Gasteiger partial charge on any atom is 0.417 e. The molecule has 1 fully saturated rings. The summed E-state index contributed by atoms with van der Waals surface area (Å²) < 4.78 is 44.5. The van der Waals surface area contributed by atoms with Crippen molar-refractivity contribution in [2.24, 2.45) is 0 Å². The van der Waals surface area contributed by atoms with Gasteiger partial charge in [0.25, 0.3) is 11.8 Å². The van der Waals surface area contributed by atoms with Gasteiger partial charge in [0.1, 0.15) is 11.6 Å². The van der Waals surface area contributed by atoms with Gasteiger partial charge in [-0.1, -0.05) is 5.92 Å². The first-order valence-electron chi connectivity index (χ1n) is 12.3. The molecule has 41 heavy (non-hydrogen) atoms. The van der Waals surface area contributed by atoms with E-state index in [0.29, 0.717) is 30.7 Å². The fourth-order valence-corrected chi connectivity index (χ4v) is 4.79. The Kier molecular flexibility index (Phi) is 7.03. The number of nitrogens with one attached hydrogen (secondary N) is 1. The highest BCUT2D eigenvalue weighted by molar-refractivity contribution is 6.04. The van der Waals surface area contributed by atoms with Gasteiger partial charge in [-0.25, -0.2) is 15.0 Å². The van der Waals surface area contributed by atoms with Crippen LogP contribution in [0.25, 0.3) is 16.9 Å². The summed E-state index contributed by atoms with van der Waals surface area (Å²) in [7, 11) is 0. The van der Waals surface area contributed by atoms with E-state index in [-0.39, 0.29) is 46.1 Å². The lowest BCUT2D eigenvalue weighted by atomic mass is 10.0. The second-order valence-electron chi connectivity index (χ2n) is 9.21. The van der Waals surface area contributed by atoms with Crippen LogP contribution in [-0.4, -0.2) is 49.2 Å². The molecule has 10 nitrogen and oxygen atoms in total. The van der Waals surface area contributed by atoms with Crippen LogP contribution >= 0.6 is 0 Å². The molecule has 5 rings (SSSR count). The van der Waals surface area contributed by atoms with Gasteiger partial charge in [-0.2, -0.15) is 18.4 Å². The van der Waals surface area contributed by atoms with Crippen molar-refractivity contribution < 1.29 is 22.8 Å². The summed E-state index contributed by atoms with van der Waals surface area (Å²) in [5.41, 5.74) is 5.60. The van der Waals surface area contributed by atoms with Gasteiger partial charge in [0, 0.05) is 42.5 Å². The van der Waals surface area contributed by atoms with Crippen LogP contribution in [0.4, 0.5) is 24.9 Å². The van der Waals surface area contributed by atoms with Crippen LogP contribution in [-0.2, 0) is 11.0 Å². The van der Waals surface area contributed by atoms with Crippen molar-refractivity contribution in [3.8, 4) is 29.3 Å². The average Bonchev–Trinajstić information content (AvgIpc) is 3.59. The van der Waals surface area contributed by atoms with Gasteiger partial charge in [0.05, 0.1) is 28.4 Å². The molecule has 0 saturated carbocycles. The lowest BCUT2D eigenvalue weighted by Gasteiger charge is -2.14. The van der Waals surface area contributed by atoms with Crippen LogP contribution in [0.5, 0.6) is 0 Å². The molecule has 4 heterocycles. The summed E-state index contributed by atoms with van der Waals surface area (Å²) in [5.74, 6) is 3.49. The minimum absolute atomic E-state index is 0.0171. The van der Waals surface area contributed by atoms with Crippen molar-refractivity contribution in [3.63, 3.8) is 0 Å². The number of carbonyl (C=O) groups is 2. The quantitative estimate of drug-likeness (QED) is 0.362. The van der Waals surface area contributed by atoms with Gasteiger partial charge >= 0.3 is 6.18 Å². The van der Waals surface area contributed by atoms with Crippen LogP contribution in [0.1, 0.15) is 46.4 Å². The maximum atomic E-state index is 14.4. The van der Waals surface area contributed by atoms with E-state index in [2.05, 4.69) is 32.1 Å². The van der Waals surface area contributed by atoms with Crippen molar-refractivity contribution in [1.29, 1.82) is 5.26 Å². The van der Waals surface area contributed by atoms with Crippen molar-refractivity contribution in [2.75, 3.05) is 24.1 Å². The van der Waals surface area contributed by atoms with Crippen LogP contribution in [0, 0.1) is 23.2 Å². The summed E-state index contributed by atoms with van der Waals surface area (Å²) in [4.78, 5) is 39.3. The molecule has 1 aliphatic rings. The highest BCUT2D eigenvalue weighted by Crippen LogP contribution is 2.40. The number of likely N-dealkylation sites (tertiary alicyclic amines) is 1. The van der Waals surface area contributed by atoms with Crippen molar-refractivity contribution in [1.82, 2.24) is 24.3 Å². The van der Waals surface area contributed by atoms with E-state index in [1.807, 2.05) is 6.07 Å². The summed E-state index contributed by atoms with van der Waals surface area (Å²) in [6, 6.07) is 9.36. The molecule has 1 aliphatic heterocycles. The SMILES string of the molecule is CC#CC(=O)N1CCC(c2nc(-c3ccc(C(=O)Nc4cc(C#N)ccn4)cc3C(F)(F)F)n3c(N)nccc23)C1. The fourth-order valence-electron chi connectivity index (χ4n) is 4.79. The number of fused-ring (bicyclic) bond motifs is 1. The van der Waals surface area contributed by atoms with Gasteiger partial charge in [-0.05, 0) is 55.7 Å². The lowest BCUT2D eigenvalue weighted by molar-refractivity contribution is -0.137. The summed E-state index contributed by atoms with van der Waals surface area (Å²) >= 11 is 0. The molecule has 13 heteroatoms. The number of amides is 2.